The molecule has 7 nitrogen and oxygen atoms in total. The number of hydrogen-bond donors (Lipinski definition) is 3. The van der Waals surface area contributed by atoms with Crippen LogP contribution in [0.2, 0.25) is 0 Å². The summed E-state index contributed by atoms with van der Waals surface area (Å²) in [5, 5.41) is 9.07. The summed E-state index contributed by atoms with van der Waals surface area (Å²) in [6.07, 6.45) is 1.40. The van der Waals surface area contributed by atoms with Crippen molar-refractivity contribution in [2.24, 2.45) is 0 Å². The molecule has 0 aromatic heterocycles. The minimum Gasteiger partial charge on any atom is -0.369 e. The number of carbonyl (C=O) groups is 3. The highest BCUT2D eigenvalue weighted by atomic mass is 16.2. The van der Waals surface area contributed by atoms with Gasteiger partial charge >= 0.3 is 0 Å². The van der Waals surface area contributed by atoms with E-state index in [-0.39, 0.29) is 30.2 Å². The molecule has 0 radical (unpaired) electrons. The van der Waals surface area contributed by atoms with Gasteiger partial charge in [0.15, 0.2) is 0 Å². The van der Waals surface area contributed by atoms with Gasteiger partial charge in [-0.1, -0.05) is 12.1 Å². The van der Waals surface area contributed by atoms with Crippen molar-refractivity contribution in [1.29, 1.82) is 0 Å². The van der Waals surface area contributed by atoms with Crippen molar-refractivity contribution >= 4 is 29.1 Å². The molecular weight excluding hydrogens is 320 g/mol. The molecule has 1 aromatic carbocycles. The molecule has 1 unspecified atom stereocenters. The van der Waals surface area contributed by atoms with E-state index in [0.717, 1.165) is 11.4 Å². The van der Waals surface area contributed by atoms with Crippen molar-refractivity contribution in [3.05, 3.63) is 24.3 Å². The van der Waals surface area contributed by atoms with Crippen molar-refractivity contribution < 1.29 is 14.4 Å². The molecule has 2 aliphatic heterocycles. The van der Waals surface area contributed by atoms with Crippen LogP contribution in [0, 0.1) is 0 Å². The Morgan fingerprint density at radius 1 is 1.24 bits per heavy atom. The van der Waals surface area contributed by atoms with E-state index in [0.29, 0.717) is 25.9 Å². The second-order valence-corrected chi connectivity index (χ2v) is 6.89. The number of para-hydroxylation sites is 2. The third kappa shape index (κ3) is 3.60. The summed E-state index contributed by atoms with van der Waals surface area (Å²) in [6, 6.07) is 7.44. The van der Waals surface area contributed by atoms with E-state index in [9.17, 15) is 14.4 Å². The summed E-state index contributed by atoms with van der Waals surface area (Å²) in [5.41, 5.74) is 1.05. The maximum atomic E-state index is 12.6. The lowest BCUT2D eigenvalue weighted by molar-refractivity contribution is -0.135. The highest BCUT2D eigenvalue weighted by molar-refractivity contribution is 6.06. The van der Waals surface area contributed by atoms with Gasteiger partial charge < -0.3 is 20.9 Å². The zero-order valence-electron chi connectivity index (χ0n) is 14.6. The molecule has 0 aliphatic carbocycles. The maximum Gasteiger partial charge on any atom is 0.250 e. The number of nitrogens with one attached hydrogen (secondary N) is 3. The van der Waals surface area contributed by atoms with Crippen LogP contribution in [0.25, 0.3) is 0 Å². The standard InChI is InChI=1S/C18H24N4O3/c1-12(19-13(2)23)11-16(24)22-9-7-18(8-10-22)17(25)20-14-5-3-4-6-15(14)21-18/h3-6,12,21H,7-11H2,1-2H3,(H,19,23)(H,20,25). The molecule has 2 aliphatic rings. The Morgan fingerprint density at radius 2 is 1.88 bits per heavy atom. The van der Waals surface area contributed by atoms with Crippen molar-refractivity contribution in [2.75, 3.05) is 23.7 Å². The molecule has 1 saturated heterocycles. The lowest BCUT2D eigenvalue weighted by Crippen LogP contribution is -2.59. The van der Waals surface area contributed by atoms with Crippen LogP contribution in [0.1, 0.15) is 33.1 Å². The lowest BCUT2D eigenvalue weighted by Gasteiger charge is -2.44. The number of nitrogens with zero attached hydrogens (tertiary/aromatic N) is 1. The van der Waals surface area contributed by atoms with Crippen LogP contribution in [-0.2, 0) is 14.4 Å². The van der Waals surface area contributed by atoms with Gasteiger partial charge in [-0.3, -0.25) is 14.4 Å². The number of amides is 3. The first-order chi connectivity index (χ1) is 11.9. The predicted octanol–water partition coefficient (Wildman–Crippen LogP) is 1.33. The van der Waals surface area contributed by atoms with E-state index in [1.54, 1.807) is 4.90 Å². The third-order valence-electron chi connectivity index (χ3n) is 4.88. The fourth-order valence-corrected chi connectivity index (χ4v) is 3.54. The van der Waals surface area contributed by atoms with E-state index in [1.807, 2.05) is 31.2 Å². The number of fused-ring (bicyclic) bond motifs is 1. The SMILES string of the molecule is CC(=O)NC(C)CC(=O)N1CCC2(CC1)Nc1ccccc1NC2=O. The van der Waals surface area contributed by atoms with Crippen molar-refractivity contribution in [1.82, 2.24) is 10.2 Å². The normalized spacial score (nSPS) is 19.4. The Bertz CT molecular complexity index is 695. The predicted molar refractivity (Wildman–Crippen MR) is 95.1 cm³/mol. The Morgan fingerprint density at radius 3 is 2.52 bits per heavy atom. The van der Waals surface area contributed by atoms with Crippen LogP contribution >= 0.6 is 0 Å². The average Bonchev–Trinajstić information content (AvgIpc) is 2.55. The molecule has 3 amide bonds. The highest BCUT2D eigenvalue weighted by Crippen LogP contribution is 2.36. The van der Waals surface area contributed by atoms with Gasteiger partial charge in [0.2, 0.25) is 17.7 Å². The number of likely N-dealkylation sites (tertiary alicyclic amines) is 1. The van der Waals surface area contributed by atoms with Crippen LogP contribution in [-0.4, -0.2) is 47.3 Å². The van der Waals surface area contributed by atoms with Crippen LogP contribution in [0.3, 0.4) is 0 Å². The number of hydrogen-bond acceptors (Lipinski definition) is 4. The molecule has 0 saturated carbocycles. The van der Waals surface area contributed by atoms with Gasteiger partial charge in [-0.25, -0.2) is 0 Å². The fourth-order valence-electron chi connectivity index (χ4n) is 3.54. The van der Waals surface area contributed by atoms with Crippen molar-refractivity contribution in [3.8, 4) is 0 Å². The molecule has 7 heteroatoms. The molecule has 1 atom stereocenters. The van der Waals surface area contributed by atoms with Crippen molar-refractivity contribution in [3.63, 3.8) is 0 Å². The van der Waals surface area contributed by atoms with Gasteiger partial charge in [0.05, 0.1) is 11.4 Å². The summed E-state index contributed by atoms with van der Waals surface area (Å²) in [6.45, 7) is 4.30. The Hall–Kier alpha value is -2.57. The van der Waals surface area contributed by atoms with Gasteiger partial charge in [0, 0.05) is 32.5 Å². The second kappa shape index (κ2) is 6.74. The van der Waals surface area contributed by atoms with E-state index < -0.39 is 5.54 Å². The Labute approximate surface area is 147 Å². The van der Waals surface area contributed by atoms with E-state index in [1.165, 1.54) is 6.92 Å². The van der Waals surface area contributed by atoms with Crippen LogP contribution in [0.4, 0.5) is 11.4 Å². The number of piperidine rings is 1. The molecule has 1 fully saturated rings. The largest absolute Gasteiger partial charge is 0.369 e. The summed E-state index contributed by atoms with van der Waals surface area (Å²) >= 11 is 0. The van der Waals surface area contributed by atoms with Gasteiger partial charge in [-0.15, -0.1) is 0 Å². The summed E-state index contributed by atoms with van der Waals surface area (Å²) < 4.78 is 0. The monoisotopic (exact) mass is 344 g/mol. The first-order valence-corrected chi connectivity index (χ1v) is 8.63. The fraction of sp³-hybridized carbons (Fsp3) is 0.500. The highest BCUT2D eigenvalue weighted by Gasteiger charge is 2.44. The molecule has 0 bridgehead atoms. The first kappa shape index (κ1) is 17.3. The van der Waals surface area contributed by atoms with Gasteiger partial charge in [0.1, 0.15) is 5.54 Å². The number of carbonyl (C=O) groups excluding carboxylic acids is 3. The van der Waals surface area contributed by atoms with Crippen LogP contribution < -0.4 is 16.0 Å². The molecule has 3 rings (SSSR count). The summed E-state index contributed by atoms with van der Waals surface area (Å²) in [4.78, 5) is 37.8. The third-order valence-corrected chi connectivity index (χ3v) is 4.88. The van der Waals surface area contributed by atoms with E-state index >= 15 is 0 Å². The van der Waals surface area contributed by atoms with E-state index in [4.69, 9.17) is 0 Å². The zero-order chi connectivity index (χ0) is 18.0. The average molecular weight is 344 g/mol. The molecule has 2 heterocycles. The topological polar surface area (TPSA) is 90.5 Å². The lowest BCUT2D eigenvalue weighted by atomic mass is 9.84. The molecule has 1 spiro atoms. The molecule has 3 N–H and O–H groups in total. The Kier molecular flexibility index (Phi) is 4.65. The maximum absolute atomic E-state index is 12.6. The second-order valence-electron chi connectivity index (χ2n) is 6.89. The van der Waals surface area contributed by atoms with Crippen molar-refractivity contribution in [2.45, 2.75) is 44.7 Å². The van der Waals surface area contributed by atoms with Gasteiger partial charge in [-0.05, 0) is 31.9 Å². The molecule has 134 valence electrons. The molecular formula is C18H24N4O3. The van der Waals surface area contributed by atoms with Crippen LogP contribution in [0.15, 0.2) is 24.3 Å². The Balaban J connectivity index is 1.61. The van der Waals surface area contributed by atoms with Crippen LogP contribution in [0.5, 0.6) is 0 Å². The smallest absolute Gasteiger partial charge is 0.250 e. The number of anilines is 2. The number of benzene rings is 1. The van der Waals surface area contributed by atoms with E-state index in [2.05, 4.69) is 16.0 Å². The zero-order valence-corrected chi connectivity index (χ0v) is 14.6. The molecule has 1 aromatic rings. The summed E-state index contributed by atoms with van der Waals surface area (Å²) in [5.74, 6) is -0.169. The van der Waals surface area contributed by atoms with Gasteiger partial charge in [-0.2, -0.15) is 0 Å². The minimum absolute atomic E-state index is 0.00715. The molecule has 25 heavy (non-hydrogen) atoms. The summed E-state index contributed by atoms with van der Waals surface area (Å²) in [7, 11) is 0. The quantitative estimate of drug-likeness (QED) is 0.771. The van der Waals surface area contributed by atoms with Gasteiger partial charge in [0.25, 0.3) is 0 Å². The minimum atomic E-state index is -0.658. The first-order valence-electron chi connectivity index (χ1n) is 8.63. The number of rotatable bonds is 3.